The van der Waals surface area contributed by atoms with Crippen molar-refractivity contribution in [3.8, 4) is 0 Å². The van der Waals surface area contributed by atoms with E-state index in [1.54, 1.807) is 6.07 Å². The third-order valence-corrected chi connectivity index (χ3v) is 12.5. The normalized spacial score (nSPS) is 27.7. The number of carbonyl (C=O) groups excluding carboxylic acids is 1. The number of fused-ring (bicyclic) bond motifs is 8. The predicted octanol–water partition coefficient (Wildman–Crippen LogP) is 8.58. The van der Waals surface area contributed by atoms with E-state index in [1.807, 2.05) is 42.5 Å². The van der Waals surface area contributed by atoms with Gasteiger partial charge in [-0.1, -0.05) is 72.1 Å². The summed E-state index contributed by atoms with van der Waals surface area (Å²) >= 11 is 12.5. The molecule has 8 heteroatoms. The van der Waals surface area contributed by atoms with Crippen LogP contribution in [0.2, 0.25) is 10.0 Å². The zero-order chi connectivity index (χ0) is 35.0. The van der Waals surface area contributed by atoms with Gasteiger partial charge >= 0.3 is 0 Å². The molecule has 1 heterocycles. The lowest BCUT2D eigenvalue weighted by Gasteiger charge is -2.48. The quantitative estimate of drug-likeness (QED) is 0.177. The van der Waals surface area contributed by atoms with Gasteiger partial charge in [-0.05, 0) is 118 Å². The number of likely N-dealkylation sites (tertiary alicyclic amines) is 1. The number of hydrogen-bond donors (Lipinski definition) is 3. The molecule has 0 aromatic heterocycles. The van der Waals surface area contributed by atoms with E-state index in [0.717, 1.165) is 29.5 Å². The molecule has 5 nitrogen and oxygen atoms in total. The molecule has 262 valence electrons. The third kappa shape index (κ3) is 7.56. The molecule has 2 bridgehead atoms. The molecule has 4 unspecified atom stereocenters. The molecule has 1 saturated heterocycles. The van der Waals surface area contributed by atoms with Gasteiger partial charge in [0.1, 0.15) is 5.82 Å². The fourth-order valence-corrected chi connectivity index (χ4v) is 9.05. The summed E-state index contributed by atoms with van der Waals surface area (Å²) in [5.74, 6) is -0.863. The Morgan fingerprint density at radius 3 is 2.43 bits per heavy atom. The molecule has 4 aliphatic rings. The number of Topliss-reactive ketones (excluding diaryl/α,β-unsaturated/α-hetero) is 1. The van der Waals surface area contributed by atoms with E-state index in [4.69, 9.17) is 23.2 Å². The number of hydrogen-bond acceptors (Lipinski definition) is 5. The van der Waals surface area contributed by atoms with Crippen LogP contribution in [0.15, 0.2) is 72.3 Å². The van der Waals surface area contributed by atoms with Gasteiger partial charge in [-0.2, -0.15) is 0 Å². The summed E-state index contributed by atoms with van der Waals surface area (Å²) in [5, 5.41) is 36.0. The molecule has 1 aliphatic heterocycles. The molecule has 7 rings (SSSR count). The maximum Gasteiger partial charge on any atom is 0.167 e. The second kappa shape index (κ2) is 14.6. The minimum absolute atomic E-state index is 0.126. The molecule has 3 N–H and O–H groups in total. The van der Waals surface area contributed by atoms with Gasteiger partial charge < -0.3 is 20.2 Å². The maximum absolute atomic E-state index is 14.9. The van der Waals surface area contributed by atoms with Crippen LogP contribution in [0.5, 0.6) is 0 Å². The Balaban J connectivity index is 1.32. The fraction of sp³-hybridized carbons (Fsp3) is 0.488. The molecule has 3 aromatic rings. The van der Waals surface area contributed by atoms with E-state index in [9.17, 15) is 24.5 Å². The van der Waals surface area contributed by atoms with Crippen molar-refractivity contribution in [3.05, 3.63) is 116 Å². The summed E-state index contributed by atoms with van der Waals surface area (Å²) in [6, 6.07) is 17.7. The third-order valence-electron chi connectivity index (χ3n) is 11.9. The number of nitrogens with zero attached hydrogens (tertiary/aromatic N) is 1. The number of rotatable bonds is 6. The Labute approximate surface area is 299 Å². The molecular weight excluding hydrogens is 660 g/mol. The van der Waals surface area contributed by atoms with Crippen LogP contribution in [0, 0.1) is 11.2 Å². The van der Waals surface area contributed by atoms with Crippen molar-refractivity contribution in [3.63, 3.8) is 0 Å². The molecule has 49 heavy (non-hydrogen) atoms. The number of aliphatic hydroxyl groups is 3. The number of allylic oxidation sites excluding steroid dienone is 2. The van der Waals surface area contributed by atoms with Gasteiger partial charge in [-0.15, -0.1) is 0 Å². The van der Waals surface area contributed by atoms with E-state index in [0.29, 0.717) is 75.2 Å². The average Bonchev–Trinajstić information content (AvgIpc) is 3.32. The van der Waals surface area contributed by atoms with Crippen LogP contribution < -0.4 is 0 Å². The summed E-state index contributed by atoms with van der Waals surface area (Å²) in [5.41, 5.74) is 1.93. The second-order valence-electron chi connectivity index (χ2n) is 15.1. The van der Waals surface area contributed by atoms with Crippen LogP contribution in [-0.2, 0) is 18.4 Å². The van der Waals surface area contributed by atoms with Gasteiger partial charge in [0.25, 0.3) is 0 Å². The number of aliphatic hydroxyl groups excluding tert-OH is 1. The maximum atomic E-state index is 14.9. The molecule has 0 radical (unpaired) electrons. The number of benzene rings is 3. The summed E-state index contributed by atoms with van der Waals surface area (Å²) in [6.45, 7) is 6.04. The zero-order valence-electron chi connectivity index (χ0n) is 28.5. The van der Waals surface area contributed by atoms with E-state index < -0.39 is 28.5 Å². The topological polar surface area (TPSA) is 81.0 Å². The predicted molar refractivity (Wildman–Crippen MR) is 194 cm³/mol. The highest BCUT2D eigenvalue weighted by molar-refractivity contribution is 6.31. The van der Waals surface area contributed by atoms with Gasteiger partial charge in [-0.25, -0.2) is 4.39 Å². The number of halogens is 3. The SMILES string of the molecule is CC1=CCCC2(C)C(CCC2(O)CN2CCC(O)(c3ccc(Cl)cc3)CC2)c2ccc(cc2C(=O)Cc2c(F)cccc2Cl)CC(O)CC1. The van der Waals surface area contributed by atoms with Crippen molar-refractivity contribution < 1.29 is 24.5 Å². The number of piperidine rings is 1. The highest BCUT2D eigenvalue weighted by atomic mass is 35.5. The first-order valence-corrected chi connectivity index (χ1v) is 18.4. The van der Waals surface area contributed by atoms with Crippen molar-refractivity contribution in [2.24, 2.45) is 5.41 Å². The van der Waals surface area contributed by atoms with E-state index in [2.05, 4.69) is 24.8 Å². The molecule has 2 fully saturated rings. The molecule has 4 atom stereocenters. The molecule has 0 spiro atoms. The lowest BCUT2D eigenvalue weighted by atomic mass is 9.64. The first kappa shape index (κ1) is 36.2. The number of β-amino-alcohol motifs (C(OH)–C–C–N with tert-alkyl or cyclic N) is 1. The number of ketones is 1. The van der Waals surface area contributed by atoms with Gasteiger partial charge in [0, 0.05) is 52.6 Å². The smallest absolute Gasteiger partial charge is 0.167 e. The van der Waals surface area contributed by atoms with Crippen molar-refractivity contribution in [2.75, 3.05) is 19.6 Å². The van der Waals surface area contributed by atoms with Crippen molar-refractivity contribution in [1.29, 1.82) is 0 Å². The fourth-order valence-electron chi connectivity index (χ4n) is 8.70. The minimum Gasteiger partial charge on any atom is -0.393 e. The Bertz CT molecular complexity index is 1680. The molecule has 1 saturated carbocycles. The van der Waals surface area contributed by atoms with Crippen LogP contribution in [-0.4, -0.2) is 57.3 Å². The van der Waals surface area contributed by atoms with Gasteiger partial charge in [0.05, 0.1) is 17.3 Å². The van der Waals surface area contributed by atoms with Crippen molar-refractivity contribution in [1.82, 2.24) is 4.90 Å². The van der Waals surface area contributed by atoms with Crippen LogP contribution in [0.4, 0.5) is 4.39 Å². The molecule has 0 amide bonds. The zero-order valence-corrected chi connectivity index (χ0v) is 30.0. The average molecular weight is 709 g/mol. The molecule has 3 aliphatic carbocycles. The van der Waals surface area contributed by atoms with Gasteiger partial charge in [0.2, 0.25) is 0 Å². The van der Waals surface area contributed by atoms with Crippen molar-refractivity contribution >= 4 is 29.0 Å². The van der Waals surface area contributed by atoms with E-state index in [1.165, 1.54) is 17.7 Å². The standard InChI is InChI=1S/C41H48Cl2FNO4/c1-27-5-4-17-39(2)35(16-18-41(39,49)26-45-21-19-40(48,20-22-45)29-10-12-30(42)13-11-29)32-15-9-28(23-31(46)14-8-27)24-33(32)38(47)25-34-36(43)6-3-7-37(34)44/h3,5-7,9-13,15,24,31,35,46,48-49H,4,8,14,16-23,25-26H2,1-2H3. The Morgan fingerprint density at radius 1 is 0.980 bits per heavy atom. The summed E-state index contributed by atoms with van der Waals surface area (Å²) < 4.78 is 14.9. The van der Waals surface area contributed by atoms with Gasteiger partial charge in [0.15, 0.2) is 5.78 Å². The monoisotopic (exact) mass is 707 g/mol. The Hall–Kier alpha value is -2.58. The Morgan fingerprint density at radius 2 is 1.71 bits per heavy atom. The first-order chi connectivity index (χ1) is 23.3. The van der Waals surface area contributed by atoms with E-state index in [-0.39, 0.29) is 28.7 Å². The highest BCUT2D eigenvalue weighted by Crippen LogP contribution is 2.59. The summed E-state index contributed by atoms with van der Waals surface area (Å²) in [7, 11) is 0. The van der Waals surface area contributed by atoms with Crippen molar-refractivity contribution in [2.45, 2.75) is 101 Å². The lowest BCUT2D eigenvalue weighted by molar-refractivity contribution is -0.101. The largest absolute Gasteiger partial charge is 0.393 e. The lowest BCUT2D eigenvalue weighted by Crippen LogP contribution is -2.55. The molecular formula is C41H48Cl2FNO4. The Kier molecular flexibility index (Phi) is 10.8. The molecule has 3 aromatic carbocycles. The van der Waals surface area contributed by atoms with E-state index >= 15 is 0 Å². The first-order valence-electron chi connectivity index (χ1n) is 17.7. The summed E-state index contributed by atoms with van der Waals surface area (Å²) in [6.07, 6.45) is 7.15. The second-order valence-corrected chi connectivity index (χ2v) is 15.9. The summed E-state index contributed by atoms with van der Waals surface area (Å²) in [4.78, 5) is 16.4. The number of carbonyl (C=O) groups is 1. The van der Waals surface area contributed by atoms with Gasteiger partial charge in [-0.3, -0.25) is 4.79 Å². The van der Waals surface area contributed by atoms with Crippen LogP contribution in [0.3, 0.4) is 0 Å². The van der Waals surface area contributed by atoms with Crippen LogP contribution >= 0.6 is 23.2 Å². The minimum atomic E-state index is -1.05. The van der Waals surface area contributed by atoms with Crippen LogP contribution in [0.25, 0.3) is 0 Å². The van der Waals surface area contributed by atoms with Crippen LogP contribution in [0.1, 0.15) is 104 Å². The highest BCUT2D eigenvalue weighted by Gasteiger charge is 2.57.